The second-order valence-electron chi connectivity index (χ2n) is 3.81. The molecule has 0 saturated heterocycles. The lowest BCUT2D eigenvalue weighted by atomic mass is 10.1. The average molecular weight is 410 g/mol. The minimum absolute atomic E-state index is 0.169. The molecule has 0 bridgehead atoms. The number of halogens is 4. The van der Waals surface area contributed by atoms with Crippen LogP contribution in [0.2, 0.25) is 10.0 Å². The van der Waals surface area contributed by atoms with Gasteiger partial charge in [0.1, 0.15) is 0 Å². The second kappa shape index (κ2) is 6.38. The van der Waals surface area contributed by atoms with Crippen molar-refractivity contribution in [1.29, 1.82) is 0 Å². The molecular weight excluding hydrogens is 401 g/mol. The Morgan fingerprint density at radius 3 is 2.61 bits per heavy atom. The Kier molecular flexibility index (Phi) is 5.07. The van der Waals surface area contributed by atoms with Crippen molar-refractivity contribution in [2.24, 2.45) is 0 Å². The predicted octanol–water partition coefficient (Wildman–Crippen LogP) is 5.83. The first-order valence-corrected chi connectivity index (χ1v) is 7.72. The van der Waals surface area contributed by atoms with Gasteiger partial charge in [-0.2, -0.15) is 0 Å². The van der Waals surface area contributed by atoms with Crippen molar-refractivity contribution >= 4 is 55.1 Å². The van der Waals surface area contributed by atoms with Crippen LogP contribution in [-0.2, 0) is 6.42 Å². The SMILES string of the molecule is Clc1cc(C(Br)Cc2ccncc2Cl)ccc1Br. The van der Waals surface area contributed by atoms with Gasteiger partial charge in [0, 0.05) is 21.7 Å². The number of aromatic nitrogens is 1. The molecule has 94 valence electrons. The van der Waals surface area contributed by atoms with Crippen LogP contribution >= 0.6 is 55.1 Å². The van der Waals surface area contributed by atoms with E-state index in [1.807, 2.05) is 24.3 Å². The quantitative estimate of drug-likeness (QED) is 0.581. The summed E-state index contributed by atoms with van der Waals surface area (Å²) in [7, 11) is 0. The third kappa shape index (κ3) is 3.47. The number of rotatable bonds is 3. The Bertz CT molecular complexity index is 560. The minimum Gasteiger partial charge on any atom is -0.263 e. The van der Waals surface area contributed by atoms with Gasteiger partial charge in [-0.25, -0.2) is 0 Å². The van der Waals surface area contributed by atoms with Crippen molar-refractivity contribution < 1.29 is 0 Å². The number of benzene rings is 1. The van der Waals surface area contributed by atoms with Crippen LogP contribution in [0.25, 0.3) is 0 Å². The Morgan fingerprint density at radius 1 is 1.17 bits per heavy atom. The van der Waals surface area contributed by atoms with Crippen molar-refractivity contribution in [2.45, 2.75) is 11.2 Å². The summed E-state index contributed by atoms with van der Waals surface area (Å²) in [6.07, 6.45) is 4.19. The van der Waals surface area contributed by atoms with Gasteiger partial charge in [0.15, 0.2) is 0 Å². The molecule has 1 nitrogen and oxygen atoms in total. The maximum atomic E-state index is 6.10. The van der Waals surface area contributed by atoms with E-state index in [9.17, 15) is 0 Å². The Balaban J connectivity index is 2.19. The van der Waals surface area contributed by atoms with Crippen molar-refractivity contribution in [3.8, 4) is 0 Å². The number of alkyl halides is 1. The fourth-order valence-corrected chi connectivity index (χ4v) is 2.85. The number of hydrogen-bond acceptors (Lipinski definition) is 1. The van der Waals surface area contributed by atoms with Crippen molar-refractivity contribution in [3.05, 3.63) is 62.3 Å². The van der Waals surface area contributed by atoms with Gasteiger partial charge in [0.25, 0.3) is 0 Å². The monoisotopic (exact) mass is 407 g/mol. The van der Waals surface area contributed by atoms with Crippen LogP contribution in [-0.4, -0.2) is 4.98 Å². The molecule has 0 fully saturated rings. The van der Waals surface area contributed by atoms with E-state index in [4.69, 9.17) is 23.2 Å². The molecule has 1 aromatic heterocycles. The fourth-order valence-electron chi connectivity index (χ4n) is 1.59. The lowest BCUT2D eigenvalue weighted by Gasteiger charge is -2.12. The van der Waals surface area contributed by atoms with E-state index in [1.54, 1.807) is 12.4 Å². The number of hydrogen-bond donors (Lipinski definition) is 0. The summed E-state index contributed by atoms with van der Waals surface area (Å²) in [5.41, 5.74) is 2.18. The molecule has 0 aliphatic rings. The first-order chi connectivity index (χ1) is 8.58. The van der Waals surface area contributed by atoms with Crippen LogP contribution in [0.4, 0.5) is 0 Å². The van der Waals surface area contributed by atoms with E-state index in [2.05, 4.69) is 36.8 Å². The van der Waals surface area contributed by atoms with E-state index in [1.165, 1.54) is 0 Å². The lowest BCUT2D eigenvalue weighted by molar-refractivity contribution is 0.944. The normalized spacial score (nSPS) is 12.4. The molecule has 1 unspecified atom stereocenters. The molecule has 0 N–H and O–H groups in total. The van der Waals surface area contributed by atoms with E-state index in [0.717, 1.165) is 22.0 Å². The molecule has 0 spiro atoms. The van der Waals surface area contributed by atoms with Gasteiger partial charge in [-0.15, -0.1) is 0 Å². The second-order valence-corrected chi connectivity index (χ2v) is 6.59. The molecule has 0 aliphatic carbocycles. The van der Waals surface area contributed by atoms with Gasteiger partial charge in [-0.3, -0.25) is 4.98 Å². The van der Waals surface area contributed by atoms with Crippen LogP contribution in [0, 0.1) is 0 Å². The molecule has 0 radical (unpaired) electrons. The van der Waals surface area contributed by atoms with Gasteiger partial charge >= 0.3 is 0 Å². The van der Waals surface area contributed by atoms with Crippen molar-refractivity contribution in [2.75, 3.05) is 0 Å². The summed E-state index contributed by atoms with van der Waals surface area (Å²) in [5, 5.41) is 1.39. The zero-order chi connectivity index (χ0) is 13.1. The summed E-state index contributed by atoms with van der Waals surface area (Å²) in [6.45, 7) is 0. The summed E-state index contributed by atoms with van der Waals surface area (Å²) >= 11 is 19.2. The van der Waals surface area contributed by atoms with Gasteiger partial charge in [0.05, 0.1) is 10.0 Å². The maximum Gasteiger partial charge on any atom is 0.0621 e. The van der Waals surface area contributed by atoms with Gasteiger partial charge < -0.3 is 0 Å². The number of pyridine rings is 1. The molecule has 1 atom stereocenters. The molecule has 0 aliphatic heterocycles. The van der Waals surface area contributed by atoms with E-state index in [-0.39, 0.29) is 4.83 Å². The first kappa shape index (κ1) is 14.3. The third-order valence-corrected chi connectivity index (χ3v) is 4.99. The molecule has 2 aromatic rings. The molecule has 0 saturated carbocycles. The smallest absolute Gasteiger partial charge is 0.0621 e. The summed E-state index contributed by atoms with van der Waals surface area (Å²) in [4.78, 5) is 4.15. The third-order valence-electron chi connectivity index (χ3n) is 2.56. The predicted molar refractivity (Wildman–Crippen MR) is 83.8 cm³/mol. The Morgan fingerprint density at radius 2 is 1.94 bits per heavy atom. The van der Waals surface area contributed by atoms with Gasteiger partial charge in [-0.05, 0) is 51.7 Å². The van der Waals surface area contributed by atoms with E-state index < -0.39 is 0 Å². The first-order valence-electron chi connectivity index (χ1n) is 5.25. The molecule has 0 amide bonds. The van der Waals surface area contributed by atoms with Crippen molar-refractivity contribution in [3.63, 3.8) is 0 Å². The Hall–Kier alpha value is -0.0900. The standard InChI is InChI=1S/C13H9Br2Cl2N/c14-10-2-1-8(6-12(10)16)11(15)5-9-3-4-18-7-13(9)17/h1-4,6-7,11H,5H2. The van der Waals surface area contributed by atoms with Crippen LogP contribution in [0.15, 0.2) is 41.1 Å². The van der Waals surface area contributed by atoms with Crippen LogP contribution in [0.1, 0.15) is 16.0 Å². The highest BCUT2D eigenvalue weighted by Crippen LogP contribution is 2.33. The fraction of sp³-hybridized carbons (Fsp3) is 0.154. The van der Waals surface area contributed by atoms with Gasteiger partial charge in [-0.1, -0.05) is 45.2 Å². The van der Waals surface area contributed by atoms with E-state index >= 15 is 0 Å². The lowest BCUT2D eigenvalue weighted by Crippen LogP contribution is -1.96. The highest BCUT2D eigenvalue weighted by molar-refractivity contribution is 9.10. The van der Waals surface area contributed by atoms with E-state index in [0.29, 0.717) is 10.0 Å². The zero-order valence-corrected chi connectivity index (χ0v) is 13.9. The van der Waals surface area contributed by atoms with Crippen LogP contribution < -0.4 is 0 Å². The summed E-state index contributed by atoms with van der Waals surface area (Å²) in [5.74, 6) is 0. The zero-order valence-electron chi connectivity index (χ0n) is 9.21. The molecule has 5 heteroatoms. The molecule has 1 heterocycles. The summed E-state index contributed by atoms with van der Waals surface area (Å²) in [6, 6.07) is 7.85. The van der Waals surface area contributed by atoms with Gasteiger partial charge in [0.2, 0.25) is 0 Å². The average Bonchev–Trinajstić information content (AvgIpc) is 2.35. The highest BCUT2D eigenvalue weighted by Gasteiger charge is 2.12. The molecule has 18 heavy (non-hydrogen) atoms. The summed E-state index contributed by atoms with van der Waals surface area (Å²) < 4.78 is 0.898. The largest absolute Gasteiger partial charge is 0.263 e. The van der Waals surface area contributed by atoms with Crippen LogP contribution in [0.5, 0.6) is 0 Å². The Labute approximate surface area is 133 Å². The topological polar surface area (TPSA) is 12.9 Å². The highest BCUT2D eigenvalue weighted by atomic mass is 79.9. The maximum absolute atomic E-state index is 6.10. The molecular formula is C13H9Br2Cl2N. The van der Waals surface area contributed by atoms with Crippen molar-refractivity contribution in [1.82, 2.24) is 4.98 Å². The minimum atomic E-state index is 0.169. The number of nitrogens with zero attached hydrogens (tertiary/aromatic N) is 1. The van der Waals surface area contributed by atoms with Crippen LogP contribution in [0.3, 0.4) is 0 Å². The molecule has 1 aromatic carbocycles. The molecule has 2 rings (SSSR count).